The summed E-state index contributed by atoms with van der Waals surface area (Å²) in [5, 5.41) is 7.38. The Bertz CT molecular complexity index is 864. The maximum Gasteiger partial charge on any atom is 0.274 e. The van der Waals surface area contributed by atoms with E-state index >= 15 is 0 Å². The summed E-state index contributed by atoms with van der Waals surface area (Å²) in [6.45, 7) is 5.46. The molecule has 2 aliphatic heterocycles. The van der Waals surface area contributed by atoms with E-state index in [1.165, 1.54) is 5.56 Å². The fourth-order valence-electron chi connectivity index (χ4n) is 4.48. The molecular weight excluding hydrogens is 370 g/mol. The lowest BCUT2D eigenvalue weighted by Crippen LogP contribution is -2.38. The van der Waals surface area contributed by atoms with Crippen molar-refractivity contribution in [2.45, 2.75) is 51.2 Å². The third-order valence-electron chi connectivity index (χ3n) is 6.06. The Labute approximate surface area is 171 Å². The molecule has 4 rings (SSSR count). The van der Waals surface area contributed by atoms with Gasteiger partial charge in [-0.1, -0.05) is 0 Å². The zero-order valence-corrected chi connectivity index (χ0v) is 17.5. The zero-order chi connectivity index (χ0) is 20.5. The van der Waals surface area contributed by atoms with Gasteiger partial charge in [0.25, 0.3) is 5.91 Å². The van der Waals surface area contributed by atoms with Crippen LogP contribution in [0.3, 0.4) is 0 Å². The van der Waals surface area contributed by atoms with Crippen LogP contribution in [-0.2, 0) is 11.2 Å². The number of carbonyl (C=O) groups excluding carboxylic acids is 1. The summed E-state index contributed by atoms with van der Waals surface area (Å²) in [6, 6.07) is 6.02. The van der Waals surface area contributed by atoms with Gasteiger partial charge in [0.05, 0.1) is 32.1 Å². The first-order valence-electron chi connectivity index (χ1n) is 10.2. The van der Waals surface area contributed by atoms with E-state index in [2.05, 4.69) is 22.3 Å². The molecule has 29 heavy (non-hydrogen) atoms. The summed E-state index contributed by atoms with van der Waals surface area (Å²) >= 11 is 0. The summed E-state index contributed by atoms with van der Waals surface area (Å²) in [5.41, 5.74) is 3.71. The Balaban J connectivity index is 1.46. The predicted molar refractivity (Wildman–Crippen MR) is 109 cm³/mol. The normalized spacial score (nSPS) is 22.3. The first-order chi connectivity index (χ1) is 14.0. The molecule has 0 aliphatic carbocycles. The van der Waals surface area contributed by atoms with Gasteiger partial charge in [-0.2, -0.15) is 5.10 Å². The minimum Gasteiger partial charge on any atom is -0.497 e. The van der Waals surface area contributed by atoms with E-state index in [1.54, 1.807) is 14.2 Å². The van der Waals surface area contributed by atoms with E-state index < -0.39 is 0 Å². The Morgan fingerprint density at radius 2 is 1.79 bits per heavy atom. The lowest BCUT2D eigenvalue weighted by atomic mass is 9.89. The average molecular weight is 399 g/mol. The zero-order valence-electron chi connectivity index (χ0n) is 17.5. The van der Waals surface area contributed by atoms with Crippen molar-refractivity contribution in [1.82, 2.24) is 15.1 Å². The van der Waals surface area contributed by atoms with Crippen molar-refractivity contribution in [2.24, 2.45) is 0 Å². The van der Waals surface area contributed by atoms with Gasteiger partial charge in [0.1, 0.15) is 11.5 Å². The number of rotatable bonds is 4. The van der Waals surface area contributed by atoms with Crippen molar-refractivity contribution in [3.8, 4) is 11.5 Å². The maximum absolute atomic E-state index is 13.2. The van der Waals surface area contributed by atoms with Crippen LogP contribution in [-0.4, -0.2) is 54.4 Å². The number of methoxy groups -OCH3 is 2. The molecule has 3 heterocycles. The van der Waals surface area contributed by atoms with Gasteiger partial charge in [-0.05, 0) is 50.3 Å². The molecule has 0 bridgehead atoms. The Kier molecular flexibility index (Phi) is 5.50. The van der Waals surface area contributed by atoms with Crippen molar-refractivity contribution in [2.75, 3.05) is 27.3 Å². The smallest absolute Gasteiger partial charge is 0.274 e. The highest BCUT2D eigenvalue weighted by Gasteiger charge is 2.33. The highest BCUT2D eigenvalue weighted by atomic mass is 16.5. The molecule has 7 nitrogen and oxygen atoms in total. The number of amides is 1. The number of H-pyrrole nitrogens is 1. The number of aromatic nitrogens is 2. The van der Waals surface area contributed by atoms with Crippen LogP contribution < -0.4 is 9.47 Å². The largest absolute Gasteiger partial charge is 0.497 e. The minimum atomic E-state index is -0.0587. The third kappa shape index (κ3) is 3.83. The Morgan fingerprint density at radius 1 is 1.14 bits per heavy atom. The molecule has 1 saturated heterocycles. The molecule has 0 saturated carbocycles. The fourth-order valence-corrected chi connectivity index (χ4v) is 4.48. The molecule has 1 aromatic heterocycles. The van der Waals surface area contributed by atoms with E-state index in [0.29, 0.717) is 24.7 Å². The first-order valence-corrected chi connectivity index (χ1v) is 10.2. The van der Waals surface area contributed by atoms with Gasteiger partial charge in [-0.3, -0.25) is 9.89 Å². The second kappa shape index (κ2) is 8.06. The number of benzene rings is 1. The monoisotopic (exact) mass is 399 g/mol. The van der Waals surface area contributed by atoms with Crippen molar-refractivity contribution >= 4 is 5.91 Å². The molecule has 1 fully saturated rings. The number of nitrogens with one attached hydrogen (secondary N) is 1. The molecule has 1 aromatic carbocycles. The van der Waals surface area contributed by atoms with Crippen LogP contribution in [0.25, 0.3) is 0 Å². The molecule has 2 aliphatic rings. The van der Waals surface area contributed by atoms with E-state index in [-0.39, 0.29) is 18.1 Å². The van der Waals surface area contributed by atoms with E-state index in [4.69, 9.17) is 14.2 Å². The summed E-state index contributed by atoms with van der Waals surface area (Å²) in [7, 11) is 3.33. The lowest BCUT2D eigenvalue weighted by molar-refractivity contribution is -0.00703. The van der Waals surface area contributed by atoms with Gasteiger partial charge in [0, 0.05) is 31.1 Å². The van der Waals surface area contributed by atoms with Gasteiger partial charge in [0.2, 0.25) is 0 Å². The number of piperidine rings is 1. The molecule has 1 N–H and O–H groups in total. The second-order valence-electron chi connectivity index (χ2n) is 7.97. The number of hydrogen-bond donors (Lipinski definition) is 1. The van der Waals surface area contributed by atoms with E-state index in [9.17, 15) is 4.79 Å². The van der Waals surface area contributed by atoms with Crippen LogP contribution >= 0.6 is 0 Å². The van der Waals surface area contributed by atoms with Crippen molar-refractivity contribution in [3.63, 3.8) is 0 Å². The summed E-state index contributed by atoms with van der Waals surface area (Å²) in [5.74, 6) is 1.99. The highest BCUT2D eigenvalue weighted by molar-refractivity contribution is 5.94. The summed E-state index contributed by atoms with van der Waals surface area (Å²) in [4.78, 5) is 15.1. The van der Waals surface area contributed by atoms with Gasteiger partial charge in [0.15, 0.2) is 5.69 Å². The fraction of sp³-hybridized carbons (Fsp3) is 0.545. The third-order valence-corrected chi connectivity index (χ3v) is 6.06. The van der Waals surface area contributed by atoms with Crippen molar-refractivity contribution in [3.05, 3.63) is 40.7 Å². The number of ether oxygens (including phenoxy) is 3. The first kappa shape index (κ1) is 19.8. The van der Waals surface area contributed by atoms with Crippen LogP contribution in [0.4, 0.5) is 0 Å². The van der Waals surface area contributed by atoms with Gasteiger partial charge in [-0.25, -0.2) is 0 Å². The molecule has 0 spiro atoms. The Morgan fingerprint density at radius 3 is 2.41 bits per heavy atom. The standard InChI is InChI=1S/C22H29N3O4/c1-13-9-19-20(14(2)29-13)23-24-21(19)22(26)25-7-5-15(6-8-25)16-10-17(27-3)12-18(11-16)28-4/h10-15H,5-9H2,1-4H3,(H,23,24)/t13-,14+/m0/s1. The van der Waals surface area contributed by atoms with Crippen LogP contribution in [0.2, 0.25) is 0 Å². The maximum atomic E-state index is 13.2. The van der Waals surface area contributed by atoms with E-state index in [0.717, 1.165) is 42.0 Å². The quantitative estimate of drug-likeness (QED) is 0.852. The van der Waals surface area contributed by atoms with Gasteiger partial charge < -0.3 is 19.1 Å². The van der Waals surface area contributed by atoms with Crippen LogP contribution in [0.1, 0.15) is 66.0 Å². The Hall–Kier alpha value is -2.54. The number of aromatic amines is 1. The molecule has 0 radical (unpaired) electrons. The molecule has 2 aromatic rings. The van der Waals surface area contributed by atoms with E-state index in [1.807, 2.05) is 24.8 Å². The number of hydrogen-bond acceptors (Lipinski definition) is 5. The minimum absolute atomic E-state index is 0.0190. The molecule has 1 amide bonds. The second-order valence-corrected chi connectivity index (χ2v) is 7.97. The van der Waals surface area contributed by atoms with Crippen molar-refractivity contribution in [1.29, 1.82) is 0 Å². The van der Waals surface area contributed by atoms with Crippen LogP contribution in [0.15, 0.2) is 18.2 Å². The average Bonchev–Trinajstić information content (AvgIpc) is 3.17. The topological polar surface area (TPSA) is 76.7 Å². The number of nitrogens with zero attached hydrogens (tertiary/aromatic N) is 2. The van der Waals surface area contributed by atoms with Gasteiger partial charge in [-0.15, -0.1) is 0 Å². The molecule has 2 atom stereocenters. The summed E-state index contributed by atoms with van der Waals surface area (Å²) in [6.07, 6.45) is 2.57. The molecule has 0 unspecified atom stereocenters. The summed E-state index contributed by atoms with van der Waals surface area (Å²) < 4.78 is 16.6. The van der Waals surface area contributed by atoms with Gasteiger partial charge >= 0.3 is 0 Å². The highest BCUT2D eigenvalue weighted by Crippen LogP contribution is 2.35. The SMILES string of the molecule is COc1cc(OC)cc(C2CCN(C(=O)c3n[nH]c4c3C[C@H](C)O[C@@H]4C)CC2)c1. The number of fused-ring (bicyclic) bond motifs is 1. The lowest BCUT2D eigenvalue weighted by Gasteiger charge is -2.32. The molecular formula is C22H29N3O4. The number of carbonyl (C=O) groups is 1. The molecule has 156 valence electrons. The number of likely N-dealkylation sites (tertiary alicyclic amines) is 1. The predicted octanol–water partition coefficient (Wildman–Crippen LogP) is 3.47. The molecule has 7 heteroatoms. The van der Waals surface area contributed by atoms with Crippen LogP contribution in [0, 0.1) is 0 Å². The van der Waals surface area contributed by atoms with Crippen LogP contribution in [0.5, 0.6) is 11.5 Å². The van der Waals surface area contributed by atoms with Crippen molar-refractivity contribution < 1.29 is 19.0 Å².